The highest BCUT2D eigenvalue weighted by atomic mass is 16.5. The van der Waals surface area contributed by atoms with Crippen LogP contribution in [0.4, 0.5) is 5.69 Å². The second kappa shape index (κ2) is 8.93. The van der Waals surface area contributed by atoms with Gasteiger partial charge in [-0.25, -0.2) is 4.98 Å². The van der Waals surface area contributed by atoms with E-state index in [4.69, 9.17) is 9.72 Å². The lowest BCUT2D eigenvalue weighted by atomic mass is 10.1. The van der Waals surface area contributed by atoms with Crippen molar-refractivity contribution < 1.29 is 4.74 Å². The average Bonchev–Trinajstić information content (AvgIpc) is 3.26. The Hall–Kier alpha value is -3.51. The van der Waals surface area contributed by atoms with E-state index in [0.29, 0.717) is 0 Å². The molecule has 4 heterocycles. The topological polar surface area (TPSA) is 56.1 Å². The number of hydrogen-bond acceptors (Lipinski definition) is 5. The van der Waals surface area contributed by atoms with Gasteiger partial charge in [0.1, 0.15) is 5.69 Å². The van der Waals surface area contributed by atoms with Gasteiger partial charge in [0.05, 0.1) is 31.1 Å². The maximum atomic E-state index is 5.49. The molecule has 3 aromatic heterocycles. The van der Waals surface area contributed by atoms with Crippen molar-refractivity contribution in [1.82, 2.24) is 19.5 Å². The summed E-state index contributed by atoms with van der Waals surface area (Å²) in [6, 6.07) is 17.0. The predicted octanol–water partition coefficient (Wildman–Crippen LogP) is 4.76. The predicted molar refractivity (Wildman–Crippen MR) is 127 cm³/mol. The molecule has 0 amide bonds. The third-order valence-corrected chi connectivity index (χ3v) is 6.07. The summed E-state index contributed by atoms with van der Waals surface area (Å²) in [4.78, 5) is 16.2. The number of aromatic nitrogens is 4. The standard InChI is InChI=1S/C26H27N5O/c1-19-16-29-26(31(19)20(2)21-6-4-3-5-7-21)25-15-22(8-9-28-25)23-14-24(18-27-17-23)30-10-12-32-13-11-30/h3-9,14-18,20H,10-13H2,1-2H3/t20-/m0/s1. The zero-order valence-corrected chi connectivity index (χ0v) is 18.5. The van der Waals surface area contributed by atoms with E-state index in [1.807, 2.05) is 36.9 Å². The fourth-order valence-electron chi connectivity index (χ4n) is 4.32. The third-order valence-electron chi connectivity index (χ3n) is 6.07. The van der Waals surface area contributed by atoms with Crippen molar-refractivity contribution in [3.05, 3.63) is 84.6 Å². The molecule has 1 aliphatic heterocycles. The van der Waals surface area contributed by atoms with E-state index >= 15 is 0 Å². The van der Waals surface area contributed by atoms with Gasteiger partial charge >= 0.3 is 0 Å². The molecule has 0 N–H and O–H groups in total. The first-order valence-electron chi connectivity index (χ1n) is 11.0. The summed E-state index contributed by atoms with van der Waals surface area (Å²) in [5.41, 5.74) is 6.49. The SMILES string of the molecule is Cc1cnc(-c2cc(-c3cncc(N4CCOCC4)c3)ccn2)n1[C@@H](C)c1ccccc1. The Kier molecular flexibility index (Phi) is 5.69. The van der Waals surface area contributed by atoms with Crippen molar-refractivity contribution in [1.29, 1.82) is 0 Å². The maximum absolute atomic E-state index is 5.49. The summed E-state index contributed by atoms with van der Waals surface area (Å²) in [7, 11) is 0. The molecule has 0 radical (unpaired) electrons. The Morgan fingerprint density at radius 1 is 0.906 bits per heavy atom. The number of aryl methyl sites for hydroxylation is 1. The highest BCUT2D eigenvalue weighted by Gasteiger charge is 2.18. The van der Waals surface area contributed by atoms with Gasteiger partial charge in [-0.05, 0) is 43.2 Å². The van der Waals surface area contributed by atoms with Crippen LogP contribution in [-0.2, 0) is 4.74 Å². The molecule has 1 atom stereocenters. The van der Waals surface area contributed by atoms with Crippen LogP contribution in [0.15, 0.2) is 73.3 Å². The van der Waals surface area contributed by atoms with Gasteiger partial charge < -0.3 is 14.2 Å². The van der Waals surface area contributed by atoms with Gasteiger partial charge in [-0.3, -0.25) is 9.97 Å². The summed E-state index contributed by atoms with van der Waals surface area (Å²) in [6.45, 7) is 7.58. The van der Waals surface area contributed by atoms with Crippen LogP contribution in [0.2, 0.25) is 0 Å². The quantitative estimate of drug-likeness (QED) is 0.461. The Morgan fingerprint density at radius 3 is 2.53 bits per heavy atom. The number of imidazole rings is 1. The zero-order chi connectivity index (χ0) is 21.9. The van der Waals surface area contributed by atoms with Crippen LogP contribution in [-0.4, -0.2) is 45.8 Å². The van der Waals surface area contributed by atoms with E-state index in [2.05, 4.69) is 69.7 Å². The molecule has 0 spiro atoms. The Bertz CT molecular complexity index is 1200. The fourth-order valence-corrected chi connectivity index (χ4v) is 4.32. The highest BCUT2D eigenvalue weighted by molar-refractivity contribution is 5.70. The van der Waals surface area contributed by atoms with Crippen molar-refractivity contribution in [2.24, 2.45) is 0 Å². The molecule has 5 rings (SSSR count). The normalized spacial score (nSPS) is 15.0. The summed E-state index contributed by atoms with van der Waals surface area (Å²) in [6.07, 6.45) is 7.61. The van der Waals surface area contributed by atoms with Gasteiger partial charge in [-0.15, -0.1) is 0 Å². The Morgan fingerprint density at radius 2 is 1.72 bits per heavy atom. The minimum absolute atomic E-state index is 0.158. The lowest BCUT2D eigenvalue weighted by Gasteiger charge is -2.28. The number of morpholine rings is 1. The molecule has 0 bridgehead atoms. The molecular formula is C26H27N5O. The molecule has 0 saturated carbocycles. The number of benzene rings is 1. The molecule has 4 aromatic rings. The van der Waals surface area contributed by atoms with E-state index in [9.17, 15) is 0 Å². The molecule has 1 aromatic carbocycles. The van der Waals surface area contributed by atoms with Crippen molar-refractivity contribution in [3.8, 4) is 22.6 Å². The van der Waals surface area contributed by atoms with Gasteiger partial charge in [0.25, 0.3) is 0 Å². The molecule has 6 heteroatoms. The van der Waals surface area contributed by atoms with Crippen LogP contribution in [0.5, 0.6) is 0 Å². The van der Waals surface area contributed by atoms with Crippen molar-refractivity contribution in [2.75, 3.05) is 31.2 Å². The van der Waals surface area contributed by atoms with Gasteiger partial charge in [-0.1, -0.05) is 30.3 Å². The Labute approximate surface area is 188 Å². The summed E-state index contributed by atoms with van der Waals surface area (Å²) >= 11 is 0. The van der Waals surface area contributed by atoms with E-state index in [1.54, 1.807) is 0 Å². The number of rotatable bonds is 5. The van der Waals surface area contributed by atoms with Crippen LogP contribution in [0.25, 0.3) is 22.6 Å². The van der Waals surface area contributed by atoms with Crippen LogP contribution >= 0.6 is 0 Å². The number of nitrogens with zero attached hydrogens (tertiary/aromatic N) is 5. The van der Waals surface area contributed by atoms with Gasteiger partial charge in [0.15, 0.2) is 5.82 Å². The Balaban J connectivity index is 1.50. The number of hydrogen-bond donors (Lipinski definition) is 0. The molecule has 1 aliphatic rings. The van der Waals surface area contributed by atoms with E-state index in [0.717, 1.165) is 60.3 Å². The first-order chi connectivity index (χ1) is 15.7. The smallest absolute Gasteiger partial charge is 0.159 e. The minimum atomic E-state index is 0.158. The van der Waals surface area contributed by atoms with E-state index < -0.39 is 0 Å². The van der Waals surface area contributed by atoms with Crippen LogP contribution < -0.4 is 4.90 Å². The molecule has 0 aliphatic carbocycles. The molecule has 1 fully saturated rings. The zero-order valence-electron chi connectivity index (χ0n) is 18.5. The third kappa shape index (κ3) is 4.01. The highest BCUT2D eigenvalue weighted by Crippen LogP contribution is 2.30. The number of pyridine rings is 2. The molecule has 162 valence electrons. The average molecular weight is 426 g/mol. The van der Waals surface area contributed by atoms with Crippen molar-refractivity contribution in [2.45, 2.75) is 19.9 Å². The minimum Gasteiger partial charge on any atom is -0.378 e. The maximum Gasteiger partial charge on any atom is 0.159 e. The fraction of sp³-hybridized carbons (Fsp3) is 0.269. The second-order valence-corrected chi connectivity index (χ2v) is 8.14. The molecule has 0 unspecified atom stereocenters. The lowest BCUT2D eigenvalue weighted by molar-refractivity contribution is 0.122. The van der Waals surface area contributed by atoms with E-state index in [1.165, 1.54) is 5.56 Å². The van der Waals surface area contributed by atoms with Gasteiger partial charge in [0.2, 0.25) is 0 Å². The molecule has 1 saturated heterocycles. The second-order valence-electron chi connectivity index (χ2n) is 8.14. The van der Waals surface area contributed by atoms with Crippen molar-refractivity contribution in [3.63, 3.8) is 0 Å². The largest absolute Gasteiger partial charge is 0.378 e. The number of anilines is 1. The molecule has 6 nitrogen and oxygen atoms in total. The first kappa shape index (κ1) is 20.4. The van der Waals surface area contributed by atoms with E-state index in [-0.39, 0.29) is 6.04 Å². The van der Waals surface area contributed by atoms with Gasteiger partial charge in [-0.2, -0.15) is 0 Å². The molecule has 32 heavy (non-hydrogen) atoms. The summed E-state index contributed by atoms with van der Waals surface area (Å²) in [5.74, 6) is 0.873. The summed E-state index contributed by atoms with van der Waals surface area (Å²) in [5, 5.41) is 0. The first-order valence-corrected chi connectivity index (χ1v) is 11.0. The molecular weight excluding hydrogens is 398 g/mol. The van der Waals surface area contributed by atoms with Crippen LogP contribution in [0.3, 0.4) is 0 Å². The van der Waals surface area contributed by atoms with Crippen LogP contribution in [0, 0.1) is 6.92 Å². The number of ether oxygens (including phenoxy) is 1. The van der Waals surface area contributed by atoms with Gasteiger partial charge in [0, 0.05) is 42.9 Å². The van der Waals surface area contributed by atoms with Crippen molar-refractivity contribution >= 4 is 5.69 Å². The monoisotopic (exact) mass is 425 g/mol. The summed E-state index contributed by atoms with van der Waals surface area (Å²) < 4.78 is 7.74. The van der Waals surface area contributed by atoms with Crippen LogP contribution in [0.1, 0.15) is 24.2 Å². The lowest BCUT2D eigenvalue weighted by Crippen LogP contribution is -2.36.